The van der Waals surface area contributed by atoms with E-state index in [0.717, 1.165) is 0 Å². The summed E-state index contributed by atoms with van der Waals surface area (Å²) in [5, 5.41) is 0.362. The van der Waals surface area contributed by atoms with Crippen LogP contribution in [0.1, 0.15) is 35.6 Å². The van der Waals surface area contributed by atoms with Gasteiger partial charge in [0.1, 0.15) is 17.4 Å². The highest BCUT2D eigenvalue weighted by Gasteiger charge is 2.20. The molecule has 0 N–H and O–H groups in total. The average molecular weight is 430 g/mol. The maximum atomic E-state index is 14.2. The predicted octanol–water partition coefficient (Wildman–Crippen LogP) is 5.03. The van der Waals surface area contributed by atoms with E-state index >= 15 is 0 Å². The summed E-state index contributed by atoms with van der Waals surface area (Å²) < 4.78 is 21.3. The lowest BCUT2D eigenvalue weighted by atomic mass is 10.1. The van der Waals surface area contributed by atoms with E-state index in [1.54, 1.807) is 60.8 Å². The Morgan fingerprint density at radius 1 is 1.27 bits per heavy atom. The lowest BCUT2D eigenvalue weighted by Gasteiger charge is -2.25. The SMILES string of the molecule is COc1cccc(C(=O)N(Cc2nccn2Cc2c(F)cccc2Cl)CC(C)C)c1. The molecule has 5 nitrogen and oxygen atoms in total. The smallest absolute Gasteiger partial charge is 0.254 e. The fourth-order valence-corrected chi connectivity index (χ4v) is 3.48. The Bertz CT molecular complexity index is 999. The number of halogens is 2. The molecule has 3 rings (SSSR count). The van der Waals surface area contributed by atoms with Crippen molar-refractivity contribution in [2.75, 3.05) is 13.7 Å². The number of ether oxygens (including phenoxy) is 1. The van der Waals surface area contributed by atoms with E-state index in [0.29, 0.717) is 40.8 Å². The van der Waals surface area contributed by atoms with Gasteiger partial charge in [-0.15, -0.1) is 0 Å². The molecule has 30 heavy (non-hydrogen) atoms. The van der Waals surface area contributed by atoms with Gasteiger partial charge < -0.3 is 14.2 Å². The van der Waals surface area contributed by atoms with E-state index in [9.17, 15) is 9.18 Å². The molecule has 0 radical (unpaired) electrons. The highest BCUT2D eigenvalue weighted by molar-refractivity contribution is 6.31. The standard InChI is InChI=1S/C23H25ClFN3O2/c1-16(2)13-28(23(29)17-6-4-7-18(12-17)30-3)15-22-26-10-11-27(22)14-19-20(24)8-5-9-21(19)25/h4-12,16H,13-15H2,1-3H3. The first kappa shape index (κ1) is 21.8. The minimum atomic E-state index is -0.367. The molecule has 0 bridgehead atoms. The van der Waals surface area contributed by atoms with Gasteiger partial charge in [0, 0.05) is 35.1 Å². The summed E-state index contributed by atoms with van der Waals surface area (Å²) in [6.45, 7) is 5.20. The Kier molecular flexibility index (Phi) is 7.11. The van der Waals surface area contributed by atoms with Crippen LogP contribution in [0.15, 0.2) is 54.9 Å². The molecule has 0 unspecified atom stereocenters. The minimum absolute atomic E-state index is 0.110. The number of rotatable bonds is 8. The quantitative estimate of drug-likeness (QED) is 0.504. The maximum Gasteiger partial charge on any atom is 0.254 e. The van der Waals surface area contributed by atoms with Crippen LogP contribution in [-0.4, -0.2) is 34.0 Å². The van der Waals surface area contributed by atoms with Crippen LogP contribution >= 0.6 is 11.6 Å². The highest BCUT2D eigenvalue weighted by Crippen LogP contribution is 2.22. The van der Waals surface area contributed by atoms with Gasteiger partial charge in [0.05, 0.1) is 20.2 Å². The van der Waals surface area contributed by atoms with E-state index in [1.165, 1.54) is 6.07 Å². The molecule has 0 aliphatic carbocycles. The van der Waals surface area contributed by atoms with Crippen LogP contribution in [0.25, 0.3) is 0 Å². The molecule has 1 amide bonds. The molecule has 0 aliphatic heterocycles. The third-order valence-corrected chi connectivity index (χ3v) is 5.07. The first-order valence-electron chi connectivity index (χ1n) is 9.75. The summed E-state index contributed by atoms with van der Waals surface area (Å²) >= 11 is 6.18. The van der Waals surface area contributed by atoms with Crippen molar-refractivity contribution in [3.05, 3.63) is 82.6 Å². The number of aromatic nitrogens is 2. The van der Waals surface area contributed by atoms with Crippen LogP contribution in [0, 0.1) is 11.7 Å². The van der Waals surface area contributed by atoms with Crippen molar-refractivity contribution in [2.45, 2.75) is 26.9 Å². The molecule has 0 spiro atoms. The number of methoxy groups -OCH3 is 1. The van der Waals surface area contributed by atoms with E-state index in [2.05, 4.69) is 18.8 Å². The zero-order valence-electron chi connectivity index (χ0n) is 17.3. The number of imidazole rings is 1. The van der Waals surface area contributed by atoms with Gasteiger partial charge in [0.25, 0.3) is 5.91 Å². The third-order valence-electron chi connectivity index (χ3n) is 4.71. The summed E-state index contributed by atoms with van der Waals surface area (Å²) in [6, 6.07) is 11.7. The normalized spacial score (nSPS) is 11.0. The second-order valence-electron chi connectivity index (χ2n) is 7.48. The molecule has 0 saturated heterocycles. The van der Waals surface area contributed by atoms with Crippen LogP contribution in [0.5, 0.6) is 5.75 Å². The number of hydrogen-bond donors (Lipinski definition) is 0. The Labute approximate surface area is 181 Å². The third kappa shape index (κ3) is 5.19. The Balaban J connectivity index is 1.86. The molecule has 158 valence electrons. The van der Waals surface area contributed by atoms with Gasteiger partial charge in [-0.1, -0.05) is 37.6 Å². The van der Waals surface area contributed by atoms with Crippen LogP contribution in [0.4, 0.5) is 4.39 Å². The minimum Gasteiger partial charge on any atom is -0.497 e. The van der Waals surface area contributed by atoms with E-state index in [-0.39, 0.29) is 24.2 Å². The maximum absolute atomic E-state index is 14.2. The molecule has 0 aliphatic rings. The molecule has 1 aromatic heterocycles. The monoisotopic (exact) mass is 429 g/mol. The first-order valence-corrected chi connectivity index (χ1v) is 10.1. The van der Waals surface area contributed by atoms with Gasteiger partial charge in [-0.25, -0.2) is 9.37 Å². The molecule has 0 saturated carbocycles. The van der Waals surface area contributed by atoms with Crippen molar-refractivity contribution < 1.29 is 13.9 Å². The van der Waals surface area contributed by atoms with Crippen molar-refractivity contribution in [1.29, 1.82) is 0 Å². The Morgan fingerprint density at radius 3 is 2.73 bits per heavy atom. The predicted molar refractivity (Wildman–Crippen MR) is 115 cm³/mol. The second kappa shape index (κ2) is 9.76. The average Bonchev–Trinajstić information content (AvgIpc) is 3.16. The molecule has 1 heterocycles. The number of carbonyl (C=O) groups is 1. The molecule has 2 aromatic carbocycles. The van der Waals surface area contributed by atoms with Crippen LogP contribution in [0.2, 0.25) is 5.02 Å². The zero-order chi connectivity index (χ0) is 21.7. The second-order valence-corrected chi connectivity index (χ2v) is 7.89. The molecule has 0 fully saturated rings. The lowest BCUT2D eigenvalue weighted by Crippen LogP contribution is -2.34. The number of nitrogens with zero attached hydrogens (tertiary/aromatic N) is 3. The number of amides is 1. The van der Waals surface area contributed by atoms with Crippen molar-refractivity contribution in [2.24, 2.45) is 5.92 Å². The zero-order valence-corrected chi connectivity index (χ0v) is 18.1. The summed E-state index contributed by atoms with van der Waals surface area (Å²) in [5.74, 6) is 1.07. The van der Waals surface area contributed by atoms with Gasteiger partial charge in [-0.2, -0.15) is 0 Å². The van der Waals surface area contributed by atoms with Crippen molar-refractivity contribution >= 4 is 17.5 Å². The molecular formula is C23H25ClFN3O2. The fraction of sp³-hybridized carbons (Fsp3) is 0.304. The largest absolute Gasteiger partial charge is 0.497 e. The number of benzene rings is 2. The Hall–Kier alpha value is -2.86. The number of carbonyl (C=O) groups excluding carboxylic acids is 1. The molecular weight excluding hydrogens is 405 g/mol. The van der Waals surface area contributed by atoms with E-state index < -0.39 is 0 Å². The van der Waals surface area contributed by atoms with E-state index in [1.807, 2.05) is 4.57 Å². The number of hydrogen-bond acceptors (Lipinski definition) is 3. The van der Waals surface area contributed by atoms with Gasteiger partial charge in [0.15, 0.2) is 0 Å². The van der Waals surface area contributed by atoms with Gasteiger partial charge in [0.2, 0.25) is 0 Å². The molecule has 0 atom stereocenters. The van der Waals surface area contributed by atoms with Crippen molar-refractivity contribution in [3.63, 3.8) is 0 Å². The highest BCUT2D eigenvalue weighted by atomic mass is 35.5. The van der Waals surface area contributed by atoms with Crippen LogP contribution in [0.3, 0.4) is 0 Å². The molecule has 7 heteroatoms. The fourth-order valence-electron chi connectivity index (χ4n) is 3.26. The van der Waals surface area contributed by atoms with Crippen molar-refractivity contribution in [1.82, 2.24) is 14.5 Å². The van der Waals surface area contributed by atoms with Crippen LogP contribution < -0.4 is 4.74 Å². The van der Waals surface area contributed by atoms with Gasteiger partial charge >= 0.3 is 0 Å². The molecule has 3 aromatic rings. The topological polar surface area (TPSA) is 47.4 Å². The summed E-state index contributed by atoms with van der Waals surface area (Å²) in [4.78, 5) is 19.4. The summed E-state index contributed by atoms with van der Waals surface area (Å²) in [7, 11) is 1.57. The van der Waals surface area contributed by atoms with Crippen LogP contribution in [-0.2, 0) is 13.1 Å². The first-order chi connectivity index (χ1) is 14.4. The Morgan fingerprint density at radius 2 is 2.03 bits per heavy atom. The van der Waals surface area contributed by atoms with E-state index in [4.69, 9.17) is 16.3 Å². The summed E-state index contributed by atoms with van der Waals surface area (Å²) in [5.41, 5.74) is 0.943. The lowest BCUT2D eigenvalue weighted by molar-refractivity contribution is 0.0716. The summed E-state index contributed by atoms with van der Waals surface area (Å²) in [6.07, 6.45) is 3.41. The van der Waals surface area contributed by atoms with Crippen molar-refractivity contribution in [3.8, 4) is 5.75 Å². The van der Waals surface area contributed by atoms with Gasteiger partial charge in [-0.05, 0) is 36.2 Å². The van der Waals surface area contributed by atoms with Gasteiger partial charge in [-0.3, -0.25) is 4.79 Å².